The van der Waals surface area contributed by atoms with Gasteiger partial charge >= 0.3 is 0 Å². The van der Waals surface area contributed by atoms with Crippen molar-refractivity contribution >= 4 is 30.1 Å². The molecule has 2 aliphatic heterocycles. The Balaban J connectivity index is 0.00000133. The van der Waals surface area contributed by atoms with Crippen molar-refractivity contribution < 1.29 is 4.79 Å². The third-order valence-corrected chi connectivity index (χ3v) is 5.08. The SMILES string of the molecule is Cl.NC1CCN(C(=O)C2Cc3ccccc3S2)CC1. The van der Waals surface area contributed by atoms with Gasteiger partial charge in [-0.3, -0.25) is 4.79 Å². The maximum atomic E-state index is 12.4. The van der Waals surface area contributed by atoms with Crippen molar-refractivity contribution in [3.63, 3.8) is 0 Å². The second kappa shape index (κ2) is 6.16. The van der Waals surface area contributed by atoms with E-state index in [1.54, 1.807) is 11.8 Å². The molecule has 0 spiro atoms. The molecular weight excluding hydrogens is 280 g/mol. The summed E-state index contributed by atoms with van der Waals surface area (Å²) in [4.78, 5) is 15.7. The van der Waals surface area contributed by atoms with Crippen LogP contribution in [-0.4, -0.2) is 35.2 Å². The quantitative estimate of drug-likeness (QED) is 0.863. The highest BCUT2D eigenvalue weighted by Gasteiger charge is 2.32. The molecule has 1 aromatic rings. The molecule has 0 radical (unpaired) electrons. The lowest BCUT2D eigenvalue weighted by Crippen LogP contribution is -2.46. The first-order valence-electron chi connectivity index (χ1n) is 6.53. The number of piperidine rings is 1. The minimum Gasteiger partial charge on any atom is -0.342 e. The van der Waals surface area contributed by atoms with Gasteiger partial charge in [-0.25, -0.2) is 0 Å². The van der Waals surface area contributed by atoms with Crippen molar-refractivity contribution in [2.24, 2.45) is 5.73 Å². The normalized spacial score (nSPS) is 22.8. The minimum absolute atomic E-state index is 0. The Labute approximate surface area is 124 Å². The maximum Gasteiger partial charge on any atom is 0.236 e. The number of carbonyl (C=O) groups excluding carboxylic acids is 1. The lowest BCUT2D eigenvalue weighted by atomic mass is 10.0. The largest absolute Gasteiger partial charge is 0.342 e. The zero-order valence-corrected chi connectivity index (χ0v) is 12.4. The second-order valence-electron chi connectivity index (χ2n) is 5.08. The van der Waals surface area contributed by atoms with Crippen molar-refractivity contribution in [1.29, 1.82) is 0 Å². The van der Waals surface area contributed by atoms with Crippen molar-refractivity contribution in [3.8, 4) is 0 Å². The highest BCUT2D eigenvalue weighted by molar-refractivity contribution is 8.01. The zero-order chi connectivity index (χ0) is 12.5. The molecule has 2 N–H and O–H groups in total. The first-order chi connectivity index (χ1) is 8.74. The Bertz CT molecular complexity index is 436. The van der Waals surface area contributed by atoms with Crippen LogP contribution in [0.4, 0.5) is 0 Å². The summed E-state index contributed by atoms with van der Waals surface area (Å²) >= 11 is 1.72. The summed E-state index contributed by atoms with van der Waals surface area (Å²) in [6.07, 6.45) is 2.76. The summed E-state index contributed by atoms with van der Waals surface area (Å²) in [5.41, 5.74) is 7.19. The number of benzene rings is 1. The van der Waals surface area contributed by atoms with Crippen molar-refractivity contribution in [2.45, 2.75) is 35.4 Å². The molecule has 104 valence electrons. The molecule has 1 atom stereocenters. The van der Waals surface area contributed by atoms with Crippen LogP contribution in [0.5, 0.6) is 0 Å². The molecule has 5 heteroatoms. The fraction of sp³-hybridized carbons (Fsp3) is 0.500. The molecule has 1 fully saturated rings. The average molecular weight is 299 g/mol. The van der Waals surface area contributed by atoms with Crippen molar-refractivity contribution in [3.05, 3.63) is 29.8 Å². The van der Waals surface area contributed by atoms with E-state index in [0.717, 1.165) is 32.4 Å². The number of likely N-dealkylation sites (tertiary alicyclic amines) is 1. The average Bonchev–Trinajstić information content (AvgIpc) is 2.82. The van der Waals surface area contributed by atoms with Crippen LogP contribution in [0.1, 0.15) is 18.4 Å². The van der Waals surface area contributed by atoms with Crippen LogP contribution in [0.2, 0.25) is 0 Å². The Morgan fingerprint density at radius 2 is 1.95 bits per heavy atom. The summed E-state index contributed by atoms with van der Waals surface area (Å²) in [6, 6.07) is 8.61. The van der Waals surface area contributed by atoms with E-state index in [0.29, 0.717) is 5.91 Å². The van der Waals surface area contributed by atoms with E-state index in [1.165, 1.54) is 10.5 Å². The maximum absolute atomic E-state index is 12.4. The van der Waals surface area contributed by atoms with Gasteiger partial charge in [0.05, 0.1) is 5.25 Å². The van der Waals surface area contributed by atoms with Gasteiger partial charge in [0.1, 0.15) is 0 Å². The number of hydrogen-bond donors (Lipinski definition) is 1. The van der Waals surface area contributed by atoms with E-state index in [4.69, 9.17) is 5.73 Å². The molecule has 1 aromatic carbocycles. The van der Waals surface area contributed by atoms with Crippen LogP contribution in [0.25, 0.3) is 0 Å². The molecule has 3 rings (SSSR count). The smallest absolute Gasteiger partial charge is 0.236 e. The molecule has 1 amide bonds. The predicted molar refractivity (Wildman–Crippen MR) is 80.8 cm³/mol. The Hall–Kier alpha value is -0.710. The van der Waals surface area contributed by atoms with Crippen LogP contribution in [0.3, 0.4) is 0 Å². The number of fused-ring (bicyclic) bond motifs is 1. The number of thioether (sulfide) groups is 1. The number of halogens is 1. The third-order valence-electron chi connectivity index (χ3n) is 3.77. The van der Waals surface area contributed by atoms with E-state index in [2.05, 4.69) is 12.1 Å². The van der Waals surface area contributed by atoms with E-state index < -0.39 is 0 Å². The molecule has 19 heavy (non-hydrogen) atoms. The third kappa shape index (κ3) is 3.07. The van der Waals surface area contributed by atoms with Gasteiger partial charge in [0.15, 0.2) is 0 Å². The number of amides is 1. The van der Waals surface area contributed by atoms with E-state index in [1.807, 2.05) is 17.0 Å². The number of nitrogens with two attached hydrogens (primary N) is 1. The van der Waals surface area contributed by atoms with Crippen molar-refractivity contribution in [2.75, 3.05) is 13.1 Å². The number of hydrogen-bond acceptors (Lipinski definition) is 3. The lowest BCUT2D eigenvalue weighted by molar-refractivity contribution is -0.131. The summed E-state index contributed by atoms with van der Waals surface area (Å²) in [7, 11) is 0. The highest BCUT2D eigenvalue weighted by atomic mass is 35.5. The molecular formula is C14H19ClN2OS. The molecule has 0 aliphatic carbocycles. The van der Waals surface area contributed by atoms with Gasteiger partial charge in [0.2, 0.25) is 5.91 Å². The fourth-order valence-electron chi connectivity index (χ4n) is 2.64. The first-order valence-corrected chi connectivity index (χ1v) is 7.41. The van der Waals surface area contributed by atoms with Gasteiger partial charge in [-0.15, -0.1) is 24.2 Å². The van der Waals surface area contributed by atoms with Gasteiger partial charge < -0.3 is 10.6 Å². The first kappa shape index (κ1) is 14.7. The lowest BCUT2D eigenvalue weighted by Gasteiger charge is -2.31. The molecule has 0 aromatic heterocycles. The van der Waals surface area contributed by atoms with Crippen LogP contribution in [-0.2, 0) is 11.2 Å². The molecule has 1 saturated heterocycles. The molecule has 0 saturated carbocycles. The van der Waals surface area contributed by atoms with E-state index >= 15 is 0 Å². The fourth-order valence-corrected chi connectivity index (χ4v) is 3.92. The monoisotopic (exact) mass is 298 g/mol. The second-order valence-corrected chi connectivity index (χ2v) is 6.33. The molecule has 0 bridgehead atoms. The number of carbonyl (C=O) groups is 1. The summed E-state index contributed by atoms with van der Waals surface area (Å²) in [5.74, 6) is 0.295. The van der Waals surface area contributed by atoms with Crippen LogP contribution < -0.4 is 5.73 Å². The minimum atomic E-state index is 0. The molecule has 1 unspecified atom stereocenters. The van der Waals surface area contributed by atoms with Crippen LogP contribution in [0, 0.1) is 0 Å². The van der Waals surface area contributed by atoms with Gasteiger partial charge in [0.25, 0.3) is 0 Å². The van der Waals surface area contributed by atoms with Crippen LogP contribution in [0.15, 0.2) is 29.2 Å². The standard InChI is InChI=1S/C14H18N2OS.ClH/c15-11-5-7-16(8-6-11)14(17)13-9-10-3-1-2-4-12(10)18-13;/h1-4,11,13H,5-9,15H2;1H. The molecule has 2 heterocycles. The highest BCUT2D eigenvalue weighted by Crippen LogP contribution is 2.37. The Morgan fingerprint density at radius 3 is 2.63 bits per heavy atom. The van der Waals surface area contributed by atoms with Crippen LogP contribution >= 0.6 is 24.2 Å². The number of rotatable bonds is 1. The summed E-state index contributed by atoms with van der Waals surface area (Å²) < 4.78 is 0. The summed E-state index contributed by atoms with van der Waals surface area (Å²) in [6.45, 7) is 1.65. The van der Waals surface area contributed by atoms with E-state index in [-0.39, 0.29) is 23.7 Å². The number of nitrogens with zero attached hydrogens (tertiary/aromatic N) is 1. The molecule has 2 aliphatic rings. The topological polar surface area (TPSA) is 46.3 Å². The predicted octanol–water partition coefficient (Wildman–Crippen LogP) is 2.07. The van der Waals surface area contributed by atoms with E-state index in [9.17, 15) is 4.79 Å². The van der Waals surface area contributed by atoms with Gasteiger partial charge in [-0.2, -0.15) is 0 Å². The Kier molecular flexibility index (Phi) is 4.76. The van der Waals surface area contributed by atoms with Gasteiger partial charge in [0, 0.05) is 24.0 Å². The Morgan fingerprint density at radius 1 is 1.26 bits per heavy atom. The van der Waals surface area contributed by atoms with Gasteiger partial charge in [-0.05, 0) is 30.9 Å². The molecule has 3 nitrogen and oxygen atoms in total. The van der Waals surface area contributed by atoms with Gasteiger partial charge in [-0.1, -0.05) is 18.2 Å². The zero-order valence-electron chi connectivity index (χ0n) is 10.7. The van der Waals surface area contributed by atoms with Crippen molar-refractivity contribution in [1.82, 2.24) is 4.90 Å². The summed E-state index contributed by atoms with van der Waals surface area (Å²) in [5, 5.41) is 0.0803.